The van der Waals surface area contributed by atoms with Crippen LogP contribution in [0.15, 0.2) is 18.3 Å². The van der Waals surface area contributed by atoms with Crippen molar-refractivity contribution in [2.24, 2.45) is 5.92 Å². The molecule has 2 N–H and O–H groups in total. The van der Waals surface area contributed by atoms with Crippen LogP contribution in [0.2, 0.25) is 0 Å². The van der Waals surface area contributed by atoms with Crippen LogP contribution >= 0.6 is 0 Å². The fourth-order valence-electron chi connectivity index (χ4n) is 2.49. The quantitative estimate of drug-likeness (QED) is 0.787. The molecule has 9 heteroatoms. The van der Waals surface area contributed by atoms with Crippen LogP contribution in [-0.4, -0.2) is 43.0 Å². The molecule has 132 valence electrons. The maximum absolute atomic E-state index is 12.5. The molecule has 2 rings (SSSR count). The smallest absolute Gasteiger partial charge is 0.356 e. The van der Waals surface area contributed by atoms with Crippen LogP contribution in [0, 0.1) is 5.92 Å². The summed E-state index contributed by atoms with van der Waals surface area (Å²) in [5.41, 5.74) is -0.794. The van der Waals surface area contributed by atoms with E-state index in [-0.39, 0.29) is 17.7 Å². The van der Waals surface area contributed by atoms with Crippen LogP contribution in [0.4, 0.5) is 19.0 Å². The molecule has 6 nitrogen and oxygen atoms in total. The predicted octanol–water partition coefficient (Wildman–Crippen LogP) is 1.18. The molecule has 1 aliphatic heterocycles. The molecule has 0 spiro atoms. The summed E-state index contributed by atoms with van der Waals surface area (Å²) < 4.78 is 37.6. The number of halogens is 3. The van der Waals surface area contributed by atoms with E-state index in [0.29, 0.717) is 38.4 Å². The van der Waals surface area contributed by atoms with Crippen LogP contribution in [0.5, 0.6) is 0 Å². The Bertz CT molecular complexity index is 589. The Morgan fingerprint density at radius 1 is 1.29 bits per heavy atom. The third-order valence-corrected chi connectivity index (χ3v) is 3.76. The Balaban J connectivity index is 1.84. The molecule has 0 aliphatic carbocycles. The number of pyridine rings is 1. The molecule has 0 aromatic carbocycles. The molecule has 1 aromatic heterocycles. The van der Waals surface area contributed by atoms with Gasteiger partial charge in [-0.25, -0.2) is 4.98 Å². The molecule has 2 amide bonds. The number of hydrogen-bond donors (Lipinski definition) is 2. The van der Waals surface area contributed by atoms with Gasteiger partial charge in [-0.3, -0.25) is 9.59 Å². The van der Waals surface area contributed by atoms with Crippen molar-refractivity contribution in [1.82, 2.24) is 15.6 Å². The summed E-state index contributed by atoms with van der Waals surface area (Å²) >= 11 is 0. The standard InChI is InChI=1S/C15H19F3N4O2/c1-10(23)19-5-6-20-14(24)11-4-7-22(9-11)13-3-2-12(8-21-13)15(16,17)18/h2-3,8,11H,4-7,9H2,1H3,(H,19,23)(H,20,24). The van der Waals surface area contributed by atoms with E-state index >= 15 is 0 Å². The molecule has 1 atom stereocenters. The normalized spacial score (nSPS) is 17.7. The Morgan fingerprint density at radius 3 is 2.58 bits per heavy atom. The number of aromatic nitrogens is 1. The van der Waals surface area contributed by atoms with Crippen molar-refractivity contribution < 1.29 is 22.8 Å². The lowest BCUT2D eigenvalue weighted by molar-refractivity contribution is -0.137. The first-order chi connectivity index (χ1) is 11.3. The Hall–Kier alpha value is -2.32. The van der Waals surface area contributed by atoms with Crippen molar-refractivity contribution in [2.75, 3.05) is 31.1 Å². The number of anilines is 1. The summed E-state index contributed by atoms with van der Waals surface area (Å²) in [5.74, 6) is -0.109. The molecule has 1 unspecified atom stereocenters. The van der Waals surface area contributed by atoms with Gasteiger partial charge >= 0.3 is 6.18 Å². The van der Waals surface area contributed by atoms with Gasteiger partial charge in [-0.05, 0) is 18.6 Å². The van der Waals surface area contributed by atoms with Crippen molar-refractivity contribution in [2.45, 2.75) is 19.5 Å². The molecule has 0 bridgehead atoms. The maximum Gasteiger partial charge on any atom is 0.417 e. The van der Waals surface area contributed by atoms with Crippen LogP contribution < -0.4 is 15.5 Å². The summed E-state index contributed by atoms with van der Waals surface area (Å²) in [5, 5.41) is 5.31. The highest BCUT2D eigenvalue weighted by atomic mass is 19.4. The molecular formula is C15H19F3N4O2. The third kappa shape index (κ3) is 4.84. The molecule has 2 heterocycles. The fraction of sp³-hybridized carbons (Fsp3) is 0.533. The first-order valence-electron chi connectivity index (χ1n) is 7.57. The van der Waals surface area contributed by atoms with Crippen molar-refractivity contribution >= 4 is 17.6 Å². The predicted molar refractivity (Wildman–Crippen MR) is 81.3 cm³/mol. The van der Waals surface area contributed by atoms with Gasteiger partial charge < -0.3 is 15.5 Å². The van der Waals surface area contributed by atoms with E-state index in [1.54, 1.807) is 4.90 Å². The van der Waals surface area contributed by atoms with E-state index in [0.717, 1.165) is 12.3 Å². The summed E-state index contributed by atoms with van der Waals surface area (Å²) in [6, 6.07) is 2.31. The summed E-state index contributed by atoms with van der Waals surface area (Å²) in [6.07, 6.45) is -3.00. The minimum atomic E-state index is -4.41. The van der Waals surface area contributed by atoms with Crippen LogP contribution in [0.1, 0.15) is 18.9 Å². The van der Waals surface area contributed by atoms with Gasteiger partial charge in [-0.15, -0.1) is 0 Å². The van der Waals surface area contributed by atoms with Crippen molar-refractivity contribution in [1.29, 1.82) is 0 Å². The minimum absolute atomic E-state index is 0.130. The summed E-state index contributed by atoms with van der Waals surface area (Å²) in [6.45, 7) is 3.06. The molecule has 24 heavy (non-hydrogen) atoms. The van der Waals surface area contributed by atoms with Gasteiger partial charge in [-0.1, -0.05) is 0 Å². The number of alkyl halides is 3. The van der Waals surface area contributed by atoms with Gasteiger partial charge in [0.1, 0.15) is 5.82 Å². The molecule has 1 saturated heterocycles. The van der Waals surface area contributed by atoms with Gasteiger partial charge in [-0.2, -0.15) is 13.2 Å². The second-order valence-corrected chi connectivity index (χ2v) is 5.61. The highest BCUT2D eigenvalue weighted by Gasteiger charge is 2.32. The summed E-state index contributed by atoms with van der Waals surface area (Å²) in [4.78, 5) is 28.4. The molecule has 0 saturated carbocycles. The Morgan fingerprint density at radius 2 is 2.00 bits per heavy atom. The van der Waals surface area contributed by atoms with Gasteiger partial charge in [0.15, 0.2) is 0 Å². The number of amides is 2. The maximum atomic E-state index is 12.5. The highest BCUT2D eigenvalue weighted by molar-refractivity contribution is 5.80. The minimum Gasteiger partial charge on any atom is -0.356 e. The fourth-order valence-corrected chi connectivity index (χ4v) is 2.49. The average molecular weight is 344 g/mol. The van der Waals surface area contributed by atoms with E-state index in [4.69, 9.17) is 0 Å². The topological polar surface area (TPSA) is 74.3 Å². The van der Waals surface area contributed by atoms with E-state index in [1.807, 2.05) is 0 Å². The summed E-state index contributed by atoms with van der Waals surface area (Å²) in [7, 11) is 0. The van der Waals surface area contributed by atoms with Crippen LogP contribution in [0.25, 0.3) is 0 Å². The zero-order valence-corrected chi connectivity index (χ0v) is 13.2. The molecule has 0 radical (unpaired) electrons. The Kier molecular flexibility index (Phi) is 5.63. The van der Waals surface area contributed by atoms with Crippen LogP contribution in [0.3, 0.4) is 0 Å². The second-order valence-electron chi connectivity index (χ2n) is 5.61. The van der Waals surface area contributed by atoms with E-state index in [9.17, 15) is 22.8 Å². The highest BCUT2D eigenvalue weighted by Crippen LogP contribution is 2.30. The number of nitrogens with zero attached hydrogens (tertiary/aromatic N) is 2. The average Bonchev–Trinajstić information content (AvgIpc) is 3.00. The lowest BCUT2D eigenvalue weighted by Crippen LogP contribution is -2.38. The first kappa shape index (κ1) is 18.0. The van der Waals surface area contributed by atoms with E-state index < -0.39 is 11.7 Å². The van der Waals surface area contributed by atoms with Crippen molar-refractivity contribution in [3.63, 3.8) is 0 Å². The number of rotatable bonds is 5. The Labute approximate surface area is 137 Å². The second kappa shape index (κ2) is 7.50. The van der Waals surface area contributed by atoms with Gasteiger partial charge in [0.2, 0.25) is 11.8 Å². The SMILES string of the molecule is CC(=O)NCCNC(=O)C1CCN(c2ccc(C(F)(F)F)cn2)C1. The van der Waals surface area contributed by atoms with Crippen molar-refractivity contribution in [3.8, 4) is 0 Å². The largest absolute Gasteiger partial charge is 0.417 e. The van der Waals surface area contributed by atoms with Gasteiger partial charge in [0.25, 0.3) is 0 Å². The number of hydrogen-bond acceptors (Lipinski definition) is 4. The lowest BCUT2D eigenvalue weighted by Gasteiger charge is -2.18. The molecule has 1 aromatic rings. The molecule has 1 aliphatic rings. The van der Waals surface area contributed by atoms with E-state index in [1.165, 1.54) is 13.0 Å². The zero-order valence-electron chi connectivity index (χ0n) is 13.2. The zero-order chi connectivity index (χ0) is 17.7. The van der Waals surface area contributed by atoms with Gasteiger partial charge in [0.05, 0.1) is 11.5 Å². The van der Waals surface area contributed by atoms with Gasteiger partial charge in [0, 0.05) is 39.3 Å². The van der Waals surface area contributed by atoms with Crippen LogP contribution in [-0.2, 0) is 15.8 Å². The molecule has 1 fully saturated rings. The number of carbonyl (C=O) groups excluding carboxylic acids is 2. The lowest BCUT2D eigenvalue weighted by atomic mass is 10.1. The first-order valence-corrected chi connectivity index (χ1v) is 7.57. The monoisotopic (exact) mass is 344 g/mol. The van der Waals surface area contributed by atoms with E-state index in [2.05, 4.69) is 15.6 Å². The van der Waals surface area contributed by atoms with Crippen molar-refractivity contribution in [3.05, 3.63) is 23.9 Å². The third-order valence-electron chi connectivity index (χ3n) is 3.76. The number of carbonyl (C=O) groups is 2. The molecular weight excluding hydrogens is 325 g/mol. The number of nitrogens with one attached hydrogen (secondary N) is 2.